The molecule has 0 radical (unpaired) electrons. The van der Waals surface area contributed by atoms with Crippen LogP contribution in [0.5, 0.6) is 0 Å². The molecule has 4 rings (SSSR count). The van der Waals surface area contributed by atoms with Crippen LogP contribution in [0.25, 0.3) is 28.4 Å². The van der Waals surface area contributed by atoms with Crippen molar-refractivity contribution >= 4 is 5.78 Å². The zero-order valence-electron chi connectivity index (χ0n) is 12.6. The van der Waals surface area contributed by atoms with Crippen LogP contribution in [-0.2, 0) is 6.18 Å². The van der Waals surface area contributed by atoms with Gasteiger partial charge >= 0.3 is 6.18 Å². The lowest BCUT2D eigenvalue weighted by Crippen LogP contribution is -2.04. The van der Waals surface area contributed by atoms with E-state index in [1.807, 2.05) is 30.3 Å². The van der Waals surface area contributed by atoms with Gasteiger partial charge < -0.3 is 0 Å². The lowest BCUT2D eigenvalue weighted by Gasteiger charge is -2.06. The molecule has 4 aromatic rings. The Kier molecular flexibility index (Phi) is 3.45. The Morgan fingerprint density at radius 3 is 2.20 bits per heavy atom. The van der Waals surface area contributed by atoms with E-state index in [9.17, 15) is 13.2 Å². The van der Waals surface area contributed by atoms with E-state index in [0.29, 0.717) is 17.1 Å². The SMILES string of the molecule is FC(F)(F)c1ccc(-c2nnc3nc(-c4ccccc4)cnn23)cc1. The summed E-state index contributed by atoms with van der Waals surface area (Å²) < 4.78 is 39.4. The van der Waals surface area contributed by atoms with Gasteiger partial charge in [0.2, 0.25) is 0 Å². The molecule has 0 aliphatic rings. The lowest BCUT2D eigenvalue weighted by atomic mass is 10.1. The van der Waals surface area contributed by atoms with Gasteiger partial charge in [0.15, 0.2) is 5.82 Å². The third-order valence-electron chi connectivity index (χ3n) is 3.68. The van der Waals surface area contributed by atoms with Crippen molar-refractivity contribution in [3.05, 3.63) is 66.4 Å². The van der Waals surface area contributed by atoms with Crippen LogP contribution < -0.4 is 0 Å². The Labute approximate surface area is 139 Å². The molecular weight excluding hydrogens is 331 g/mol. The second-order valence-corrected chi connectivity index (χ2v) is 5.32. The highest BCUT2D eigenvalue weighted by Crippen LogP contribution is 2.30. The van der Waals surface area contributed by atoms with Crippen molar-refractivity contribution in [1.82, 2.24) is 24.8 Å². The number of fused-ring (bicyclic) bond motifs is 1. The van der Waals surface area contributed by atoms with Gasteiger partial charge in [-0.2, -0.15) is 22.8 Å². The highest BCUT2D eigenvalue weighted by molar-refractivity contribution is 5.62. The Balaban J connectivity index is 1.74. The summed E-state index contributed by atoms with van der Waals surface area (Å²) in [6.45, 7) is 0. The lowest BCUT2D eigenvalue weighted by molar-refractivity contribution is -0.137. The molecule has 0 aliphatic heterocycles. The zero-order chi connectivity index (χ0) is 17.4. The standard InChI is InChI=1S/C17H10F3N5/c18-17(19,20)13-8-6-12(7-9-13)15-23-24-16-22-14(10-21-25(15)16)11-4-2-1-3-5-11/h1-10H. The van der Waals surface area contributed by atoms with Crippen LogP contribution in [0.4, 0.5) is 13.2 Å². The summed E-state index contributed by atoms with van der Waals surface area (Å²) in [6, 6.07) is 14.1. The van der Waals surface area contributed by atoms with Gasteiger partial charge in [-0.1, -0.05) is 42.5 Å². The summed E-state index contributed by atoms with van der Waals surface area (Å²) in [7, 11) is 0. The molecule has 0 spiro atoms. The monoisotopic (exact) mass is 341 g/mol. The maximum absolute atomic E-state index is 12.7. The number of nitrogens with zero attached hydrogens (tertiary/aromatic N) is 5. The molecule has 0 aliphatic carbocycles. The highest BCUT2D eigenvalue weighted by Gasteiger charge is 2.30. The predicted molar refractivity (Wildman–Crippen MR) is 84.5 cm³/mol. The minimum Gasteiger partial charge on any atom is -0.208 e. The van der Waals surface area contributed by atoms with Gasteiger partial charge in [-0.3, -0.25) is 0 Å². The van der Waals surface area contributed by atoms with Gasteiger partial charge in [0.25, 0.3) is 5.78 Å². The molecule has 0 amide bonds. The van der Waals surface area contributed by atoms with Crippen molar-refractivity contribution in [2.75, 3.05) is 0 Å². The van der Waals surface area contributed by atoms with E-state index in [1.165, 1.54) is 16.6 Å². The van der Waals surface area contributed by atoms with Crippen molar-refractivity contribution in [3.63, 3.8) is 0 Å². The van der Waals surface area contributed by atoms with E-state index in [-0.39, 0.29) is 5.78 Å². The second kappa shape index (κ2) is 5.66. The predicted octanol–water partition coefficient (Wildman–Crippen LogP) is 3.87. The number of hydrogen-bond acceptors (Lipinski definition) is 4. The molecule has 5 nitrogen and oxygen atoms in total. The first-order valence-electron chi connectivity index (χ1n) is 7.34. The average molecular weight is 341 g/mol. The molecule has 0 saturated carbocycles. The molecule has 0 unspecified atom stereocenters. The Hall–Kier alpha value is -3.29. The summed E-state index contributed by atoms with van der Waals surface area (Å²) in [5.74, 6) is 0.604. The van der Waals surface area contributed by atoms with E-state index in [2.05, 4.69) is 20.3 Å². The summed E-state index contributed by atoms with van der Waals surface area (Å²) in [5, 5.41) is 12.2. The van der Waals surface area contributed by atoms with Crippen LogP contribution in [0.2, 0.25) is 0 Å². The maximum Gasteiger partial charge on any atom is 0.416 e. The van der Waals surface area contributed by atoms with Crippen molar-refractivity contribution in [2.24, 2.45) is 0 Å². The minimum absolute atomic E-state index is 0.274. The van der Waals surface area contributed by atoms with Crippen LogP contribution in [0, 0.1) is 0 Å². The third-order valence-corrected chi connectivity index (χ3v) is 3.68. The number of benzene rings is 2. The first-order valence-corrected chi connectivity index (χ1v) is 7.34. The molecule has 124 valence electrons. The molecule has 0 fully saturated rings. The van der Waals surface area contributed by atoms with Gasteiger partial charge in [0, 0.05) is 11.1 Å². The van der Waals surface area contributed by atoms with Crippen molar-refractivity contribution in [2.45, 2.75) is 6.18 Å². The first kappa shape index (κ1) is 15.3. The van der Waals surface area contributed by atoms with Gasteiger partial charge in [-0.05, 0) is 12.1 Å². The number of halogens is 3. The summed E-state index contributed by atoms with van der Waals surface area (Å²) in [6.07, 6.45) is -2.81. The quantitative estimate of drug-likeness (QED) is 0.555. The van der Waals surface area contributed by atoms with Crippen LogP contribution in [-0.4, -0.2) is 24.8 Å². The topological polar surface area (TPSA) is 56.0 Å². The second-order valence-electron chi connectivity index (χ2n) is 5.32. The minimum atomic E-state index is -4.38. The molecule has 0 saturated heterocycles. The third kappa shape index (κ3) is 2.82. The molecule has 2 aromatic heterocycles. The van der Waals surface area contributed by atoms with Gasteiger partial charge in [0.05, 0.1) is 17.5 Å². The highest BCUT2D eigenvalue weighted by atomic mass is 19.4. The molecular formula is C17H10F3N5. The van der Waals surface area contributed by atoms with Crippen LogP contribution in [0.3, 0.4) is 0 Å². The normalized spacial score (nSPS) is 11.8. The molecule has 25 heavy (non-hydrogen) atoms. The van der Waals surface area contributed by atoms with Gasteiger partial charge in [-0.25, -0.2) is 4.98 Å². The molecule has 0 N–H and O–H groups in total. The van der Waals surface area contributed by atoms with Crippen molar-refractivity contribution in [3.8, 4) is 22.6 Å². The Morgan fingerprint density at radius 2 is 1.52 bits per heavy atom. The Bertz CT molecular complexity index is 1020. The van der Waals surface area contributed by atoms with Crippen molar-refractivity contribution in [1.29, 1.82) is 0 Å². The fraction of sp³-hybridized carbons (Fsp3) is 0.0588. The fourth-order valence-corrected chi connectivity index (χ4v) is 2.43. The number of aromatic nitrogens is 5. The van der Waals surface area contributed by atoms with Crippen LogP contribution >= 0.6 is 0 Å². The number of alkyl halides is 3. The number of hydrogen-bond donors (Lipinski definition) is 0. The average Bonchev–Trinajstić information content (AvgIpc) is 3.05. The zero-order valence-corrected chi connectivity index (χ0v) is 12.6. The number of rotatable bonds is 2. The largest absolute Gasteiger partial charge is 0.416 e. The molecule has 8 heteroatoms. The fourth-order valence-electron chi connectivity index (χ4n) is 2.43. The Morgan fingerprint density at radius 1 is 0.800 bits per heavy atom. The van der Waals surface area contributed by atoms with E-state index in [0.717, 1.165) is 17.7 Å². The molecule has 0 atom stereocenters. The summed E-state index contributed by atoms with van der Waals surface area (Å²) in [4.78, 5) is 4.40. The smallest absolute Gasteiger partial charge is 0.208 e. The first-order chi connectivity index (χ1) is 12.0. The molecule has 2 heterocycles. The summed E-state index contributed by atoms with van der Waals surface area (Å²) in [5.41, 5.74) is 1.28. The van der Waals surface area contributed by atoms with Crippen LogP contribution in [0.1, 0.15) is 5.56 Å². The van der Waals surface area contributed by atoms with E-state index in [1.54, 1.807) is 6.20 Å². The molecule has 2 aromatic carbocycles. The maximum atomic E-state index is 12.7. The van der Waals surface area contributed by atoms with E-state index >= 15 is 0 Å². The van der Waals surface area contributed by atoms with Gasteiger partial charge in [0.1, 0.15) is 0 Å². The summed E-state index contributed by atoms with van der Waals surface area (Å²) >= 11 is 0. The van der Waals surface area contributed by atoms with Gasteiger partial charge in [-0.15, -0.1) is 10.2 Å². The van der Waals surface area contributed by atoms with E-state index in [4.69, 9.17) is 0 Å². The van der Waals surface area contributed by atoms with Crippen LogP contribution in [0.15, 0.2) is 60.8 Å². The molecule has 0 bridgehead atoms. The van der Waals surface area contributed by atoms with E-state index < -0.39 is 11.7 Å². The van der Waals surface area contributed by atoms with Crippen molar-refractivity contribution < 1.29 is 13.2 Å².